The summed E-state index contributed by atoms with van der Waals surface area (Å²) in [6, 6.07) is 4.45. The average molecular weight is 407 g/mol. The van der Waals surface area contributed by atoms with Gasteiger partial charge in [0.1, 0.15) is 0 Å². The highest BCUT2D eigenvalue weighted by Gasteiger charge is 2.22. The van der Waals surface area contributed by atoms with Gasteiger partial charge in [-0.15, -0.1) is 11.3 Å². The Balaban J connectivity index is 2.41. The summed E-state index contributed by atoms with van der Waals surface area (Å²) < 4.78 is 4.31. The molecule has 0 aliphatic rings. The molecule has 0 saturated carbocycles. The smallest absolute Gasteiger partial charge is 0.0853 e. The Bertz CT molecular complexity index is 536. The van der Waals surface area contributed by atoms with Crippen molar-refractivity contribution in [2.75, 3.05) is 6.54 Å². The molecule has 2 heterocycles. The summed E-state index contributed by atoms with van der Waals surface area (Å²) >= 11 is 8.93. The van der Waals surface area contributed by atoms with Gasteiger partial charge in [-0.2, -0.15) is 5.10 Å². The third-order valence-electron chi connectivity index (χ3n) is 2.83. The zero-order valence-corrected chi connectivity index (χ0v) is 15.0. The van der Waals surface area contributed by atoms with Crippen molar-refractivity contribution in [1.82, 2.24) is 15.1 Å². The number of nitrogens with zero attached hydrogens (tertiary/aromatic N) is 2. The van der Waals surface area contributed by atoms with Crippen molar-refractivity contribution in [3.8, 4) is 0 Å². The van der Waals surface area contributed by atoms with Gasteiger partial charge in [-0.05, 0) is 57.0 Å². The number of rotatable bonds is 6. The summed E-state index contributed by atoms with van der Waals surface area (Å²) in [6.07, 6.45) is 2.96. The van der Waals surface area contributed by atoms with Crippen LogP contribution < -0.4 is 5.32 Å². The van der Waals surface area contributed by atoms with Crippen LogP contribution in [0.5, 0.6) is 0 Å². The van der Waals surface area contributed by atoms with Gasteiger partial charge in [-0.1, -0.05) is 13.8 Å². The molecule has 6 heteroatoms. The average Bonchev–Trinajstić information content (AvgIpc) is 2.95. The first-order chi connectivity index (χ1) is 9.17. The fraction of sp³-hybridized carbons (Fsp3) is 0.462. The van der Waals surface area contributed by atoms with E-state index in [-0.39, 0.29) is 6.04 Å². The van der Waals surface area contributed by atoms with E-state index in [4.69, 9.17) is 0 Å². The van der Waals surface area contributed by atoms with Crippen LogP contribution in [-0.4, -0.2) is 16.3 Å². The van der Waals surface area contributed by atoms with Crippen molar-refractivity contribution in [3.63, 3.8) is 0 Å². The highest BCUT2D eigenvalue weighted by molar-refractivity contribution is 9.11. The van der Waals surface area contributed by atoms with Crippen LogP contribution in [0.3, 0.4) is 0 Å². The number of nitrogens with one attached hydrogen (secondary N) is 1. The molecule has 104 valence electrons. The molecule has 2 aromatic heterocycles. The van der Waals surface area contributed by atoms with E-state index in [2.05, 4.69) is 72.9 Å². The van der Waals surface area contributed by atoms with Crippen molar-refractivity contribution in [3.05, 3.63) is 37.2 Å². The third kappa shape index (κ3) is 3.48. The van der Waals surface area contributed by atoms with E-state index < -0.39 is 0 Å². The van der Waals surface area contributed by atoms with Gasteiger partial charge in [-0.3, -0.25) is 4.68 Å². The van der Waals surface area contributed by atoms with Crippen LogP contribution in [0.1, 0.15) is 36.9 Å². The zero-order valence-electron chi connectivity index (χ0n) is 11.0. The minimum atomic E-state index is 0.185. The zero-order chi connectivity index (χ0) is 13.8. The molecule has 1 unspecified atom stereocenters. The SMILES string of the molecule is CCCn1ncc(Br)c1C(NCC)c1ccc(Br)s1. The number of hydrogen-bond acceptors (Lipinski definition) is 3. The molecule has 0 saturated heterocycles. The Labute approximate surface area is 134 Å². The molecule has 19 heavy (non-hydrogen) atoms. The third-order valence-corrected chi connectivity index (χ3v) is 5.13. The molecule has 0 aliphatic carbocycles. The van der Waals surface area contributed by atoms with Crippen LogP contribution in [0, 0.1) is 0 Å². The molecule has 3 nitrogen and oxygen atoms in total. The van der Waals surface area contributed by atoms with Crippen molar-refractivity contribution < 1.29 is 0 Å². The Morgan fingerprint density at radius 1 is 1.37 bits per heavy atom. The Kier molecular flexibility index (Phi) is 5.62. The molecule has 0 fully saturated rings. The van der Waals surface area contributed by atoms with Gasteiger partial charge < -0.3 is 5.32 Å². The van der Waals surface area contributed by atoms with Crippen LogP contribution in [-0.2, 0) is 6.54 Å². The molecule has 0 spiro atoms. The standard InChI is InChI=1S/C13H17Br2N3S/c1-3-7-18-13(9(14)8-17-18)12(16-4-2)10-5-6-11(15)19-10/h5-6,8,12,16H,3-4,7H2,1-2H3. The minimum absolute atomic E-state index is 0.185. The van der Waals surface area contributed by atoms with Gasteiger partial charge in [0.05, 0.1) is 26.2 Å². The summed E-state index contributed by atoms with van der Waals surface area (Å²) in [5, 5.41) is 8.02. The maximum Gasteiger partial charge on any atom is 0.0853 e. The molecule has 0 bridgehead atoms. The van der Waals surface area contributed by atoms with E-state index in [1.54, 1.807) is 11.3 Å². The first-order valence-electron chi connectivity index (χ1n) is 6.37. The lowest BCUT2D eigenvalue weighted by Crippen LogP contribution is -2.24. The van der Waals surface area contributed by atoms with E-state index in [0.29, 0.717) is 0 Å². The molecule has 1 atom stereocenters. The van der Waals surface area contributed by atoms with Crippen molar-refractivity contribution in [2.24, 2.45) is 0 Å². The van der Waals surface area contributed by atoms with Crippen molar-refractivity contribution in [1.29, 1.82) is 0 Å². The molecular weight excluding hydrogens is 390 g/mol. The number of aryl methyl sites for hydroxylation is 1. The Morgan fingerprint density at radius 3 is 2.74 bits per heavy atom. The quantitative estimate of drug-likeness (QED) is 0.760. The number of aromatic nitrogens is 2. The lowest BCUT2D eigenvalue weighted by molar-refractivity contribution is 0.522. The van der Waals surface area contributed by atoms with Gasteiger partial charge in [0.15, 0.2) is 0 Å². The van der Waals surface area contributed by atoms with Crippen LogP contribution in [0.4, 0.5) is 0 Å². The lowest BCUT2D eigenvalue weighted by atomic mass is 10.1. The maximum absolute atomic E-state index is 4.46. The maximum atomic E-state index is 4.46. The largest absolute Gasteiger partial charge is 0.305 e. The second-order valence-electron chi connectivity index (χ2n) is 4.23. The van der Waals surface area contributed by atoms with Gasteiger partial charge in [-0.25, -0.2) is 0 Å². The first kappa shape index (κ1) is 15.2. The van der Waals surface area contributed by atoms with Gasteiger partial charge in [0.2, 0.25) is 0 Å². The van der Waals surface area contributed by atoms with E-state index >= 15 is 0 Å². The van der Waals surface area contributed by atoms with Gasteiger partial charge in [0, 0.05) is 11.4 Å². The highest BCUT2D eigenvalue weighted by Crippen LogP contribution is 2.34. The summed E-state index contributed by atoms with van der Waals surface area (Å²) in [5.74, 6) is 0. The van der Waals surface area contributed by atoms with Gasteiger partial charge in [0.25, 0.3) is 0 Å². The second kappa shape index (κ2) is 7.02. The van der Waals surface area contributed by atoms with Gasteiger partial charge >= 0.3 is 0 Å². The summed E-state index contributed by atoms with van der Waals surface area (Å²) in [5.41, 5.74) is 1.21. The van der Waals surface area contributed by atoms with E-state index in [0.717, 1.165) is 27.8 Å². The molecule has 0 amide bonds. The fourth-order valence-electron chi connectivity index (χ4n) is 2.07. The van der Waals surface area contributed by atoms with E-state index in [1.807, 2.05) is 6.20 Å². The van der Waals surface area contributed by atoms with Crippen molar-refractivity contribution in [2.45, 2.75) is 32.9 Å². The number of halogens is 2. The fourth-order valence-corrected chi connectivity index (χ4v) is 4.10. The van der Waals surface area contributed by atoms with Crippen molar-refractivity contribution >= 4 is 43.2 Å². The molecule has 0 aromatic carbocycles. The molecule has 2 aromatic rings. The van der Waals surface area contributed by atoms with Crippen LogP contribution >= 0.6 is 43.2 Å². The van der Waals surface area contributed by atoms with Crippen LogP contribution in [0.2, 0.25) is 0 Å². The number of thiophene rings is 1. The summed E-state index contributed by atoms with van der Waals surface area (Å²) in [6.45, 7) is 6.16. The predicted octanol–water partition coefficient (Wildman–Crippen LogP) is 4.58. The first-order valence-corrected chi connectivity index (χ1v) is 8.77. The number of hydrogen-bond donors (Lipinski definition) is 1. The Hall–Kier alpha value is -0.170. The second-order valence-corrected chi connectivity index (χ2v) is 7.58. The Morgan fingerprint density at radius 2 is 2.16 bits per heavy atom. The monoisotopic (exact) mass is 405 g/mol. The van der Waals surface area contributed by atoms with E-state index in [1.165, 1.54) is 10.6 Å². The minimum Gasteiger partial charge on any atom is -0.305 e. The van der Waals surface area contributed by atoms with Crippen LogP contribution in [0.25, 0.3) is 0 Å². The summed E-state index contributed by atoms with van der Waals surface area (Å²) in [4.78, 5) is 1.30. The molecule has 1 N–H and O–H groups in total. The molecule has 0 aliphatic heterocycles. The highest BCUT2D eigenvalue weighted by atomic mass is 79.9. The normalized spacial score (nSPS) is 12.8. The topological polar surface area (TPSA) is 29.9 Å². The van der Waals surface area contributed by atoms with E-state index in [9.17, 15) is 0 Å². The predicted molar refractivity (Wildman–Crippen MR) is 87.8 cm³/mol. The summed E-state index contributed by atoms with van der Waals surface area (Å²) in [7, 11) is 0. The lowest BCUT2D eigenvalue weighted by Gasteiger charge is -2.19. The van der Waals surface area contributed by atoms with Crippen LogP contribution in [0.15, 0.2) is 26.6 Å². The molecule has 0 radical (unpaired) electrons. The molecule has 2 rings (SSSR count). The molecular formula is C13H17Br2N3S.